The normalized spacial score (nSPS) is 16.3. The third-order valence-corrected chi connectivity index (χ3v) is 5.23. The molecule has 0 unspecified atom stereocenters. The van der Waals surface area contributed by atoms with Gasteiger partial charge in [-0.2, -0.15) is 0 Å². The topological polar surface area (TPSA) is 58.1 Å². The smallest absolute Gasteiger partial charge is 0.220 e. The Kier molecular flexibility index (Phi) is 7.49. The van der Waals surface area contributed by atoms with Crippen LogP contribution in [0, 0.1) is 13.8 Å². The van der Waals surface area contributed by atoms with Crippen molar-refractivity contribution in [1.29, 1.82) is 0 Å². The maximum Gasteiger partial charge on any atom is 0.220 e. The van der Waals surface area contributed by atoms with E-state index in [2.05, 4.69) is 27.1 Å². The molecule has 2 heterocycles. The molecule has 24 heavy (non-hydrogen) atoms. The Morgan fingerprint density at radius 1 is 1.25 bits per heavy atom. The minimum Gasteiger partial charge on any atom is -0.353 e. The standard InChI is InChI=1S/C18H30N4OS/c1-5-10-22-11-8-15(9-12-22)21-17(23)7-6-16-13(2)19-18(24-4)20-14(16)3/h15H,5-12H2,1-4H3,(H,21,23). The molecule has 1 aromatic rings. The average molecular weight is 351 g/mol. The summed E-state index contributed by atoms with van der Waals surface area (Å²) < 4.78 is 0. The molecular weight excluding hydrogens is 320 g/mol. The summed E-state index contributed by atoms with van der Waals surface area (Å²) in [6, 6.07) is 0.336. The number of carbonyl (C=O) groups excluding carboxylic acids is 1. The van der Waals surface area contributed by atoms with Crippen LogP contribution in [0.25, 0.3) is 0 Å². The molecule has 0 aliphatic carbocycles. The second-order valence-corrected chi connectivity index (χ2v) is 7.32. The fourth-order valence-electron chi connectivity index (χ4n) is 3.32. The molecule has 134 valence electrons. The van der Waals surface area contributed by atoms with Crippen LogP contribution in [0.3, 0.4) is 0 Å². The molecule has 2 rings (SSSR count). The van der Waals surface area contributed by atoms with Gasteiger partial charge in [0.05, 0.1) is 0 Å². The van der Waals surface area contributed by atoms with Crippen LogP contribution >= 0.6 is 11.8 Å². The minimum atomic E-state index is 0.150. The van der Waals surface area contributed by atoms with E-state index in [0.717, 1.165) is 48.0 Å². The van der Waals surface area contributed by atoms with Gasteiger partial charge in [-0.05, 0) is 57.9 Å². The predicted molar refractivity (Wildman–Crippen MR) is 99.5 cm³/mol. The average Bonchev–Trinajstić information content (AvgIpc) is 2.56. The van der Waals surface area contributed by atoms with Crippen LogP contribution in [0.2, 0.25) is 0 Å². The van der Waals surface area contributed by atoms with Crippen LogP contribution in [0.15, 0.2) is 5.16 Å². The Labute approximate surface area is 150 Å². The van der Waals surface area contributed by atoms with E-state index in [-0.39, 0.29) is 5.91 Å². The summed E-state index contributed by atoms with van der Waals surface area (Å²) in [5.41, 5.74) is 3.10. The molecule has 5 nitrogen and oxygen atoms in total. The molecule has 0 radical (unpaired) electrons. The SMILES string of the molecule is CCCN1CCC(NC(=O)CCc2c(C)nc(SC)nc2C)CC1. The number of aromatic nitrogens is 2. The number of aryl methyl sites for hydroxylation is 2. The zero-order valence-corrected chi connectivity index (χ0v) is 16.2. The molecule has 0 aromatic carbocycles. The molecule has 0 bridgehead atoms. The van der Waals surface area contributed by atoms with E-state index < -0.39 is 0 Å². The lowest BCUT2D eigenvalue weighted by molar-refractivity contribution is -0.122. The summed E-state index contributed by atoms with van der Waals surface area (Å²) in [5, 5.41) is 4.01. The quantitative estimate of drug-likeness (QED) is 0.605. The zero-order chi connectivity index (χ0) is 17.5. The summed E-state index contributed by atoms with van der Waals surface area (Å²) in [5.74, 6) is 0.150. The highest BCUT2D eigenvalue weighted by atomic mass is 32.2. The summed E-state index contributed by atoms with van der Waals surface area (Å²) >= 11 is 1.55. The van der Waals surface area contributed by atoms with E-state index in [1.807, 2.05) is 20.1 Å². The van der Waals surface area contributed by atoms with E-state index in [4.69, 9.17) is 0 Å². The Morgan fingerprint density at radius 3 is 2.42 bits per heavy atom. The predicted octanol–water partition coefficient (Wildman–Crippen LogP) is 2.74. The van der Waals surface area contributed by atoms with Gasteiger partial charge in [0.25, 0.3) is 0 Å². The van der Waals surface area contributed by atoms with E-state index >= 15 is 0 Å². The number of piperidine rings is 1. The van der Waals surface area contributed by atoms with Crippen molar-refractivity contribution in [3.8, 4) is 0 Å². The van der Waals surface area contributed by atoms with Crippen molar-refractivity contribution in [1.82, 2.24) is 20.2 Å². The van der Waals surface area contributed by atoms with Crippen molar-refractivity contribution in [2.75, 3.05) is 25.9 Å². The first-order valence-electron chi connectivity index (χ1n) is 8.93. The molecule has 1 aliphatic heterocycles. The Balaban J connectivity index is 1.80. The summed E-state index contributed by atoms with van der Waals surface area (Å²) in [7, 11) is 0. The van der Waals surface area contributed by atoms with Crippen molar-refractivity contribution in [2.45, 2.75) is 64.1 Å². The van der Waals surface area contributed by atoms with Gasteiger partial charge in [0.2, 0.25) is 5.91 Å². The van der Waals surface area contributed by atoms with Gasteiger partial charge in [0, 0.05) is 36.9 Å². The van der Waals surface area contributed by atoms with Crippen LogP contribution in [-0.4, -0.2) is 52.7 Å². The fourth-order valence-corrected chi connectivity index (χ4v) is 3.77. The number of thioether (sulfide) groups is 1. The first-order valence-corrected chi connectivity index (χ1v) is 10.2. The second kappa shape index (κ2) is 9.37. The highest BCUT2D eigenvalue weighted by Gasteiger charge is 2.20. The molecule has 0 atom stereocenters. The molecule has 0 spiro atoms. The summed E-state index contributed by atoms with van der Waals surface area (Å²) in [6.07, 6.45) is 6.54. The van der Waals surface area contributed by atoms with Crippen LogP contribution in [0.1, 0.15) is 49.6 Å². The largest absolute Gasteiger partial charge is 0.353 e. The van der Waals surface area contributed by atoms with Gasteiger partial charge < -0.3 is 10.2 Å². The minimum absolute atomic E-state index is 0.150. The third kappa shape index (κ3) is 5.45. The number of amides is 1. The van der Waals surface area contributed by atoms with E-state index in [0.29, 0.717) is 18.9 Å². The van der Waals surface area contributed by atoms with Gasteiger partial charge in [-0.1, -0.05) is 18.7 Å². The van der Waals surface area contributed by atoms with Crippen LogP contribution in [0.5, 0.6) is 0 Å². The fraction of sp³-hybridized carbons (Fsp3) is 0.722. The van der Waals surface area contributed by atoms with Gasteiger partial charge in [-0.3, -0.25) is 4.79 Å². The third-order valence-electron chi connectivity index (χ3n) is 4.68. The van der Waals surface area contributed by atoms with Crippen molar-refractivity contribution in [3.05, 3.63) is 17.0 Å². The monoisotopic (exact) mass is 350 g/mol. The Morgan fingerprint density at radius 2 is 1.88 bits per heavy atom. The first kappa shape index (κ1) is 19.2. The van der Waals surface area contributed by atoms with Crippen molar-refractivity contribution >= 4 is 17.7 Å². The Bertz CT molecular complexity index is 533. The van der Waals surface area contributed by atoms with Crippen molar-refractivity contribution < 1.29 is 4.79 Å². The zero-order valence-electron chi connectivity index (χ0n) is 15.4. The highest BCUT2D eigenvalue weighted by Crippen LogP contribution is 2.17. The molecule has 0 saturated carbocycles. The number of nitrogens with one attached hydrogen (secondary N) is 1. The van der Waals surface area contributed by atoms with E-state index in [1.54, 1.807) is 11.8 Å². The summed E-state index contributed by atoms with van der Waals surface area (Å²) in [4.78, 5) is 23.7. The molecule has 1 amide bonds. The van der Waals surface area contributed by atoms with Crippen molar-refractivity contribution in [2.24, 2.45) is 0 Å². The summed E-state index contributed by atoms with van der Waals surface area (Å²) in [6.45, 7) is 9.59. The number of hydrogen-bond donors (Lipinski definition) is 1. The van der Waals surface area contributed by atoms with Crippen LogP contribution < -0.4 is 5.32 Å². The molecule has 1 N–H and O–H groups in total. The van der Waals surface area contributed by atoms with Gasteiger partial charge in [0.1, 0.15) is 0 Å². The van der Waals surface area contributed by atoms with Gasteiger partial charge in [-0.15, -0.1) is 0 Å². The number of nitrogens with zero attached hydrogens (tertiary/aromatic N) is 3. The van der Waals surface area contributed by atoms with Crippen LogP contribution in [0.4, 0.5) is 0 Å². The van der Waals surface area contributed by atoms with Gasteiger partial charge in [0.15, 0.2) is 5.16 Å². The first-order chi connectivity index (χ1) is 11.5. The number of hydrogen-bond acceptors (Lipinski definition) is 5. The lowest BCUT2D eigenvalue weighted by Crippen LogP contribution is -2.44. The molecule has 1 saturated heterocycles. The second-order valence-electron chi connectivity index (χ2n) is 6.54. The molecule has 1 aliphatic rings. The number of carbonyl (C=O) groups is 1. The lowest BCUT2D eigenvalue weighted by atomic mass is 10.0. The molecule has 1 aromatic heterocycles. The maximum atomic E-state index is 12.3. The maximum absolute atomic E-state index is 12.3. The molecule has 1 fully saturated rings. The van der Waals surface area contributed by atoms with Crippen LogP contribution in [-0.2, 0) is 11.2 Å². The number of rotatable bonds is 7. The van der Waals surface area contributed by atoms with Crippen molar-refractivity contribution in [3.63, 3.8) is 0 Å². The lowest BCUT2D eigenvalue weighted by Gasteiger charge is -2.32. The molecular formula is C18H30N4OS. The highest BCUT2D eigenvalue weighted by molar-refractivity contribution is 7.98. The van der Waals surface area contributed by atoms with Gasteiger partial charge >= 0.3 is 0 Å². The number of likely N-dealkylation sites (tertiary alicyclic amines) is 1. The van der Waals surface area contributed by atoms with E-state index in [9.17, 15) is 4.79 Å². The van der Waals surface area contributed by atoms with E-state index in [1.165, 1.54) is 13.0 Å². The van der Waals surface area contributed by atoms with Gasteiger partial charge in [-0.25, -0.2) is 9.97 Å². The Hall–Kier alpha value is -1.14. The molecule has 6 heteroatoms.